The van der Waals surface area contributed by atoms with E-state index in [2.05, 4.69) is 47.8 Å². The Bertz CT molecular complexity index is 809. The SMILES string of the molecule is CC1(C)Oc2nn(-c3ccccc3)c[n+]2[C@H]1Cc1ccccc1. The average molecular weight is 306 g/mol. The van der Waals surface area contributed by atoms with Crippen molar-refractivity contribution in [3.05, 3.63) is 72.6 Å². The van der Waals surface area contributed by atoms with Gasteiger partial charge in [-0.05, 0) is 31.5 Å². The van der Waals surface area contributed by atoms with Gasteiger partial charge >= 0.3 is 6.01 Å². The van der Waals surface area contributed by atoms with Crippen molar-refractivity contribution in [2.24, 2.45) is 0 Å². The second-order valence-corrected chi connectivity index (χ2v) is 6.50. The minimum absolute atomic E-state index is 0.220. The summed E-state index contributed by atoms with van der Waals surface area (Å²) in [6.45, 7) is 4.25. The van der Waals surface area contributed by atoms with Gasteiger partial charge in [0.25, 0.3) is 0 Å². The van der Waals surface area contributed by atoms with Crippen LogP contribution in [-0.4, -0.2) is 15.4 Å². The first-order chi connectivity index (χ1) is 11.1. The predicted octanol–water partition coefficient (Wildman–Crippen LogP) is 3.11. The van der Waals surface area contributed by atoms with Gasteiger partial charge in [0.1, 0.15) is 17.3 Å². The molecule has 4 nitrogen and oxygen atoms in total. The van der Waals surface area contributed by atoms with Crippen LogP contribution in [0.25, 0.3) is 5.69 Å². The van der Waals surface area contributed by atoms with E-state index in [1.165, 1.54) is 5.56 Å². The minimum Gasteiger partial charge on any atom is -0.429 e. The Hall–Kier alpha value is -2.62. The van der Waals surface area contributed by atoms with Crippen molar-refractivity contribution in [1.29, 1.82) is 0 Å². The maximum Gasteiger partial charge on any atom is 0.469 e. The molecule has 0 amide bonds. The van der Waals surface area contributed by atoms with Crippen LogP contribution in [-0.2, 0) is 6.42 Å². The standard InChI is InChI=1S/C19H20N3O/c1-19(2)17(13-15-9-5-3-6-10-15)21-14-22(20-18(21)23-19)16-11-7-4-8-12-16/h3-12,14,17H,13H2,1-2H3/q+1/t17-/m0/s1. The highest BCUT2D eigenvalue weighted by Crippen LogP contribution is 2.33. The zero-order valence-electron chi connectivity index (χ0n) is 13.4. The maximum atomic E-state index is 6.11. The molecule has 3 aromatic rings. The molecule has 0 N–H and O–H groups in total. The van der Waals surface area contributed by atoms with Gasteiger partial charge in [-0.2, -0.15) is 4.57 Å². The summed E-state index contributed by atoms with van der Waals surface area (Å²) < 4.78 is 10.1. The first-order valence-electron chi connectivity index (χ1n) is 7.93. The summed E-state index contributed by atoms with van der Waals surface area (Å²) >= 11 is 0. The minimum atomic E-state index is -0.270. The lowest BCUT2D eigenvalue weighted by Gasteiger charge is -2.23. The first kappa shape index (κ1) is 14.0. The Morgan fingerprint density at radius 1 is 1.04 bits per heavy atom. The lowest BCUT2D eigenvalue weighted by Crippen LogP contribution is -2.45. The number of rotatable bonds is 3. The van der Waals surface area contributed by atoms with Crippen LogP contribution >= 0.6 is 0 Å². The lowest BCUT2D eigenvalue weighted by molar-refractivity contribution is -0.710. The van der Waals surface area contributed by atoms with Crippen molar-refractivity contribution < 1.29 is 9.30 Å². The molecule has 0 bridgehead atoms. The van der Waals surface area contributed by atoms with Crippen LogP contribution < -0.4 is 9.30 Å². The summed E-state index contributed by atoms with van der Waals surface area (Å²) in [4.78, 5) is 0. The fraction of sp³-hybridized carbons (Fsp3) is 0.263. The predicted molar refractivity (Wildman–Crippen MR) is 87.6 cm³/mol. The number of para-hydroxylation sites is 1. The second kappa shape index (κ2) is 5.23. The number of hydrogen-bond donors (Lipinski definition) is 0. The summed E-state index contributed by atoms with van der Waals surface area (Å²) in [6, 6.07) is 21.5. The number of hydrogen-bond acceptors (Lipinski definition) is 2. The van der Waals surface area contributed by atoms with E-state index in [1.54, 1.807) is 0 Å². The molecule has 0 saturated carbocycles. The van der Waals surface area contributed by atoms with E-state index in [9.17, 15) is 0 Å². The number of aromatic nitrogens is 3. The van der Waals surface area contributed by atoms with Gasteiger partial charge in [-0.3, -0.25) is 0 Å². The van der Waals surface area contributed by atoms with Crippen molar-refractivity contribution in [1.82, 2.24) is 9.78 Å². The van der Waals surface area contributed by atoms with Gasteiger partial charge in [-0.25, -0.2) is 0 Å². The zero-order valence-corrected chi connectivity index (χ0v) is 13.4. The summed E-state index contributed by atoms with van der Waals surface area (Å²) in [5.41, 5.74) is 2.07. The molecule has 1 aromatic heterocycles. The molecule has 0 aliphatic carbocycles. The molecule has 1 aliphatic rings. The Labute approximate surface area is 136 Å². The fourth-order valence-corrected chi connectivity index (χ4v) is 3.15. The molecule has 1 aliphatic heterocycles. The normalized spacial score (nSPS) is 18.4. The van der Waals surface area contributed by atoms with Gasteiger partial charge in [0.05, 0.1) is 5.10 Å². The molecule has 4 rings (SSSR count). The van der Waals surface area contributed by atoms with Crippen molar-refractivity contribution in [2.75, 3.05) is 0 Å². The smallest absolute Gasteiger partial charge is 0.429 e. The van der Waals surface area contributed by atoms with Crippen molar-refractivity contribution in [2.45, 2.75) is 31.9 Å². The number of fused-ring (bicyclic) bond motifs is 1. The lowest BCUT2D eigenvalue weighted by atomic mass is 9.93. The average Bonchev–Trinajstić information content (AvgIpc) is 3.06. The van der Waals surface area contributed by atoms with Gasteiger partial charge in [0, 0.05) is 6.42 Å². The van der Waals surface area contributed by atoms with Gasteiger partial charge in [0.15, 0.2) is 0 Å². The van der Waals surface area contributed by atoms with Crippen molar-refractivity contribution >= 4 is 0 Å². The Morgan fingerprint density at radius 3 is 2.39 bits per heavy atom. The summed E-state index contributed by atoms with van der Waals surface area (Å²) in [5.74, 6) is 0. The molecule has 0 spiro atoms. The Kier molecular flexibility index (Phi) is 3.18. The van der Waals surface area contributed by atoms with Gasteiger partial charge < -0.3 is 4.74 Å². The fourth-order valence-electron chi connectivity index (χ4n) is 3.15. The number of ether oxygens (including phenoxy) is 1. The largest absolute Gasteiger partial charge is 0.469 e. The molecule has 23 heavy (non-hydrogen) atoms. The van der Waals surface area contributed by atoms with Crippen LogP contribution in [0.2, 0.25) is 0 Å². The van der Waals surface area contributed by atoms with E-state index in [0.29, 0.717) is 6.01 Å². The maximum absolute atomic E-state index is 6.11. The highest BCUT2D eigenvalue weighted by molar-refractivity contribution is 5.29. The Morgan fingerprint density at radius 2 is 1.70 bits per heavy atom. The highest BCUT2D eigenvalue weighted by Gasteiger charge is 2.47. The van der Waals surface area contributed by atoms with Crippen LogP contribution in [0.15, 0.2) is 67.0 Å². The molecule has 2 heterocycles. The van der Waals surface area contributed by atoms with E-state index in [-0.39, 0.29) is 11.6 Å². The third-order valence-corrected chi connectivity index (χ3v) is 4.43. The van der Waals surface area contributed by atoms with E-state index in [1.807, 2.05) is 47.4 Å². The molecular weight excluding hydrogens is 286 g/mol. The number of nitrogens with zero attached hydrogens (tertiary/aromatic N) is 3. The monoisotopic (exact) mass is 306 g/mol. The van der Waals surface area contributed by atoms with Crippen LogP contribution in [0.5, 0.6) is 6.01 Å². The number of benzene rings is 2. The van der Waals surface area contributed by atoms with E-state index in [0.717, 1.165) is 12.1 Å². The Balaban J connectivity index is 1.70. The second-order valence-electron chi connectivity index (χ2n) is 6.50. The van der Waals surface area contributed by atoms with Crippen LogP contribution in [0, 0.1) is 0 Å². The molecule has 0 unspecified atom stereocenters. The van der Waals surface area contributed by atoms with E-state index >= 15 is 0 Å². The molecule has 0 fully saturated rings. The quantitative estimate of drug-likeness (QED) is 0.696. The molecule has 4 heteroatoms. The third kappa shape index (κ3) is 2.50. The van der Waals surface area contributed by atoms with Gasteiger partial charge in [-0.15, -0.1) is 0 Å². The van der Waals surface area contributed by atoms with Crippen molar-refractivity contribution in [3.8, 4) is 11.7 Å². The van der Waals surface area contributed by atoms with Gasteiger partial charge in [0.2, 0.25) is 6.33 Å². The highest BCUT2D eigenvalue weighted by atomic mass is 16.5. The molecular formula is C19H20N3O+. The molecule has 1 atom stereocenters. The van der Waals surface area contributed by atoms with Crippen LogP contribution in [0.3, 0.4) is 0 Å². The van der Waals surface area contributed by atoms with Crippen LogP contribution in [0.4, 0.5) is 0 Å². The third-order valence-electron chi connectivity index (χ3n) is 4.43. The summed E-state index contributed by atoms with van der Waals surface area (Å²) in [5, 5.41) is 4.61. The van der Waals surface area contributed by atoms with E-state index < -0.39 is 0 Å². The molecule has 116 valence electrons. The first-order valence-corrected chi connectivity index (χ1v) is 7.93. The molecule has 0 saturated heterocycles. The van der Waals surface area contributed by atoms with Crippen LogP contribution in [0.1, 0.15) is 25.5 Å². The van der Waals surface area contributed by atoms with Gasteiger partial charge in [-0.1, -0.05) is 53.2 Å². The topological polar surface area (TPSA) is 30.9 Å². The van der Waals surface area contributed by atoms with Crippen molar-refractivity contribution in [3.63, 3.8) is 0 Å². The molecule has 0 radical (unpaired) electrons. The van der Waals surface area contributed by atoms with E-state index in [4.69, 9.17) is 4.74 Å². The summed E-state index contributed by atoms with van der Waals surface area (Å²) in [6.07, 6.45) is 2.96. The molecule has 2 aromatic carbocycles. The zero-order chi connectivity index (χ0) is 15.9. The summed E-state index contributed by atoms with van der Waals surface area (Å²) in [7, 11) is 0.